The molecule has 15 heteroatoms. The summed E-state index contributed by atoms with van der Waals surface area (Å²) in [4.78, 5) is 51.3. The van der Waals surface area contributed by atoms with Crippen molar-refractivity contribution in [3.8, 4) is 11.4 Å². The molecule has 1 aromatic heterocycles. The van der Waals surface area contributed by atoms with Crippen LogP contribution < -0.4 is 0 Å². The number of nitrogens with zero attached hydrogens (tertiary/aromatic N) is 3. The van der Waals surface area contributed by atoms with Crippen molar-refractivity contribution in [2.45, 2.75) is 51.5 Å². The van der Waals surface area contributed by atoms with Crippen molar-refractivity contribution in [2.75, 3.05) is 13.7 Å². The van der Waals surface area contributed by atoms with Crippen molar-refractivity contribution in [1.82, 2.24) is 14.8 Å². The first-order chi connectivity index (χ1) is 17.3. The van der Waals surface area contributed by atoms with Gasteiger partial charge in [0.1, 0.15) is 12.7 Å². The number of alkyl halides is 3. The maximum atomic E-state index is 13.1. The number of esters is 4. The Kier molecular flexibility index (Phi) is 8.15. The van der Waals surface area contributed by atoms with Gasteiger partial charge in [-0.05, 0) is 12.1 Å². The minimum Gasteiger partial charge on any atom is -0.463 e. The molecule has 1 aromatic carbocycles. The van der Waals surface area contributed by atoms with Gasteiger partial charge in [-0.1, -0.05) is 12.1 Å². The van der Waals surface area contributed by atoms with E-state index >= 15 is 0 Å². The Hall–Kier alpha value is -4.01. The van der Waals surface area contributed by atoms with Gasteiger partial charge in [-0.25, -0.2) is 14.5 Å². The Morgan fingerprint density at radius 3 is 2.08 bits per heavy atom. The molecule has 200 valence electrons. The van der Waals surface area contributed by atoms with Gasteiger partial charge in [0.05, 0.1) is 12.7 Å². The lowest BCUT2D eigenvalue weighted by Crippen LogP contribution is -2.40. The molecule has 0 amide bonds. The average Bonchev–Trinajstić information content (AvgIpc) is 3.38. The van der Waals surface area contributed by atoms with Gasteiger partial charge in [0.2, 0.25) is 0 Å². The number of halogens is 3. The Morgan fingerprint density at radius 2 is 1.57 bits per heavy atom. The molecular formula is C22H22F3N3O9. The fraction of sp³-hybridized carbons (Fsp3) is 0.455. The minimum absolute atomic E-state index is 0.0910. The van der Waals surface area contributed by atoms with Gasteiger partial charge in [-0.2, -0.15) is 13.2 Å². The summed E-state index contributed by atoms with van der Waals surface area (Å²) in [5, 5.41) is 4.06. The molecule has 37 heavy (non-hydrogen) atoms. The monoisotopic (exact) mass is 529 g/mol. The second kappa shape index (κ2) is 10.9. The van der Waals surface area contributed by atoms with E-state index in [-0.39, 0.29) is 11.4 Å². The van der Waals surface area contributed by atoms with Crippen molar-refractivity contribution in [3.63, 3.8) is 0 Å². The van der Waals surface area contributed by atoms with Crippen molar-refractivity contribution in [2.24, 2.45) is 0 Å². The van der Waals surface area contributed by atoms with Crippen LogP contribution in [0.15, 0.2) is 24.3 Å². The van der Waals surface area contributed by atoms with E-state index in [0.717, 1.165) is 56.8 Å². The van der Waals surface area contributed by atoms with Crippen molar-refractivity contribution < 1.29 is 56.0 Å². The van der Waals surface area contributed by atoms with Crippen molar-refractivity contribution >= 4 is 23.9 Å². The van der Waals surface area contributed by atoms with Crippen LogP contribution in [0.1, 0.15) is 43.2 Å². The van der Waals surface area contributed by atoms with Crippen LogP contribution in [0.5, 0.6) is 0 Å². The number of carbonyl (C=O) groups excluding carboxylic acids is 4. The Balaban J connectivity index is 2.12. The predicted molar refractivity (Wildman–Crippen MR) is 113 cm³/mol. The second-order valence-corrected chi connectivity index (χ2v) is 7.79. The van der Waals surface area contributed by atoms with Gasteiger partial charge >= 0.3 is 30.1 Å². The first-order valence-electron chi connectivity index (χ1n) is 10.7. The van der Waals surface area contributed by atoms with Crippen LogP contribution in [0.2, 0.25) is 0 Å². The second-order valence-electron chi connectivity index (χ2n) is 7.79. The molecule has 2 aromatic rings. The first-order valence-corrected chi connectivity index (χ1v) is 10.7. The van der Waals surface area contributed by atoms with Gasteiger partial charge < -0.3 is 23.7 Å². The van der Waals surface area contributed by atoms with E-state index in [1.54, 1.807) is 0 Å². The molecule has 1 saturated heterocycles. The minimum atomic E-state index is -4.60. The van der Waals surface area contributed by atoms with E-state index in [1.807, 2.05) is 0 Å². The molecule has 0 radical (unpaired) electrons. The number of aromatic nitrogens is 3. The van der Waals surface area contributed by atoms with Crippen molar-refractivity contribution in [1.29, 1.82) is 0 Å². The highest BCUT2D eigenvalue weighted by atomic mass is 19.4. The summed E-state index contributed by atoms with van der Waals surface area (Å²) in [6.45, 7) is 2.91. The highest BCUT2D eigenvalue weighted by molar-refractivity contribution is 5.85. The summed E-state index contributed by atoms with van der Waals surface area (Å²) in [5.41, 5.74) is -0.838. The van der Waals surface area contributed by atoms with E-state index < -0.39 is 72.6 Å². The topological polar surface area (TPSA) is 145 Å². The van der Waals surface area contributed by atoms with Gasteiger partial charge in [0.15, 0.2) is 24.3 Å². The number of benzene rings is 1. The molecule has 0 N–H and O–H groups in total. The number of hydrogen-bond acceptors (Lipinski definition) is 11. The van der Waals surface area contributed by atoms with Gasteiger partial charge in [-0.3, -0.25) is 14.4 Å². The molecule has 0 unspecified atom stereocenters. The van der Waals surface area contributed by atoms with E-state index in [9.17, 15) is 32.3 Å². The summed E-state index contributed by atoms with van der Waals surface area (Å²) >= 11 is 0. The molecule has 3 rings (SSSR count). The summed E-state index contributed by atoms with van der Waals surface area (Å²) < 4.78 is 66.3. The molecule has 0 spiro atoms. The quantitative estimate of drug-likeness (QED) is 0.384. The van der Waals surface area contributed by atoms with Gasteiger partial charge in [0.25, 0.3) is 5.82 Å². The molecule has 0 saturated carbocycles. The number of ether oxygens (including phenoxy) is 5. The fourth-order valence-electron chi connectivity index (χ4n) is 3.57. The zero-order valence-electron chi connectivity index (χ0n) is 20.0. The summed E-state index contributed by atoms with van der Waals surface area (Å²) in [5.74, 6) is -3.83. The third-order valence-electron chi connectivity index (χ3n) is 5.05. The number of carbonyl (C=O) groups is 4. The molecular weight excluding hydrogens is 507 g/mol. The maximum absolute atomic E-state index is 13.1. The van der Waals surface area contributed by atoms with E-state index in [1.165, 1.54) is 0 Å². The first kappa shape index (κ1) is 27.6. The zero-order chi connectivity index (χ0) is 27.5. The predicted octanol–water partition coefficient (Wildman–Crippen LogP) is 2.07. The summed E-state index contributed by atoms with van der Waals surface area (Å²) in [7, 11) is 1.07. The van der Waals surface area contributed by atoms with E-state index in [4.69, 9.17) is 18.9 Å². The molecule has 2 heterocycles. The molecule has 1 aliphatic heterocycles. The summed E-state index contributed by atoms with van der Waals surface area (Å²) in [6.07, 6.45) is -9.80. The Morgan fingerprint density at radius 1 is 0.973 bits per heavy atom. The lowest BCUT2D eigenvalue weighted by atomic mass is 10.1. The zero-order valence-corrected chi connectivity index (χ0v) is 20.0. The van der Waals surface area contributed by atoms with Crippen LogP contribution in [0.3, 0.4) is 0 Å². The highest BCUT2D eigenvalue weighted by Crippen LogP contribution is 2.37. The lowest BCUT2D eigenvalue weighted by Gasteiger charge is -2.23. The third kappa shape index (κ3) is 6.41. The van der Waals surface area contributed by atoms with E-state index in [2.05, 4.69) is 14.8 Å². The SMILES string of the molecule is COC(=O)c1nc(-c2ccc(C(F)(F)F)cc2)n([C@@H]2O[C@H](COC(C)=O)[C@@H](OC(C)=O)[C@H]2OC(C)=O)n1. The number of methoxy groups -OCH3 is 1. The largest absolute Gasteiger partial charge is 0.463 e. The van der Waals surface area contributed by atoms with Crippen LogP contribution in [0, 0.1) is 0 Å². The standard InChI is InChI=1S/C22H22F3N3O9/c1-10(29)34-9-15-16(35-11(2)30)17(36-12(3)31)20(37-15)28-19(26-18(27-28)21(32)33-4)13-5-7-14(8-6-13)22(23,24)25/h5-8,15-17,20H,9H2,1-4H3/t15-,16-,17-,20-/m1/s1. The number of rotatable bonds is 7. The molecule has 0 aliphatic carbocycles. The molecule has 4 atom stereocenters. The molecule has 1 fully saturated rings. The Bertz CT molecular complexity index is 1180. The third-order valence-corrected chi connectivity index (χ3v) is 5.05. The van der Waals surface area contributed by atoms with Crippen LogP contribution in [-0.2, 0) is 44.2 Å². The Labute approximate surface area is 207 Å². The van der Waals surface area contributed by atoms with Gasteiger partial charge in [-0.15, -0.1) is 5.10 Å². The van der Waals surface area contributed by atoms with Crippen LogP contribution >= 0.6 is 0 Å². The van der Waals surface area contributed by atoms with Crippen LogP contribution in [-0.4, -0.2) is 70.7 Å². The van der Waals surface area contributed by atoms with Crippen LogP contribution in [0.4, 0.5) is 13.2 Å². The average molecular weight is 529 g/mol. The van der Waals surface area contributed by atoms with Gasteiger partial charge in [0, 0.05) is 26.3 Å². The fourth-order valence-corrected chi connectivity index (χ4v) is 3.57. The highest BCUT2D eigenvalue weighted by Gasteiger charge is 2.52. The normalized spacial score (nSPS) is 21.3. The molecule has 1 aliphatic rings. The summed E-state index contributed by atoms with van der Waals surface area (Å²) in [6, 6.07) is 3.80. The molecule has 12 nitrogen and oxygen atoms in total. The maximum Gasteiger partial charge on any atom is 0.416 e. The van der Waals surface area contributed by atoms with Crippen molar-refractivity contribution in [3.05, 3.63) is 35.7 Å². The smallest absolute Gasteiger partial charge is 0.416 e. The van der Waals surface area contributed by atoms with E-state index in [0.29, 0.717) is 0 Å². The van der Waals surface area contributed by atoms with Crippen LogP contribution in [0.25, 0.3) is 11.4 Å². The molecule has 0 bridgehead atoms. The number of hydrogen-bond donors (Lipinski definition) is 0. The lowest BCUT2D eigenvalue weighted by molar-refractivity contribution is -0.166.